The summed E-state index contributed by atoms with van der Waals surface area (Å²) in [5.74, 6) is -3.60. The van der Waals surface area contributed by atoms with Gasteiger partial charge in [0.1, 0.15) is 31.9 Å². The van der Waals surface area contributed by atoms with Gasteiger partial charge in [0.2, 0.25) is 17.8 Å². The Kier molecular flexibility index (Phi) is 23.1. The van der Waals surface area contributed by atoms with E-state index in [-0.39, 0.29) is 54.0 Å². The SMILES string of the molecule is C.[2H]C([2H])([2H])N1CC(=O)OC(CCC)C/C=C/CCCCC(=O)NC1=NC(=O)OCc1ccccc1.[2H]C([2H])([2H])N1CC(=O)OC(CCC)CCCCCCCC(=O)NC1=N.[W]. The Morgan fingerprint density at radius 2 is 1.43 bits per heavy atom. The average Bonchev–Trinajstić information content (AvgIpc) is 3.17. The van der Waals surface area contributed by atoms with E-state index in [1.54, 1.807) is 24.3 Å². The van der Waals surface area contributed by atoms with Crippen molar-refractivity contribution in [2.24, 2.45) is 4.99 Å². The molecule has 3 amide bonds. The smallest absolute Gasteiger partial charge is 0.437 e. The van der Waals surface area contributed by atoms with E-state index in [4.69, 9.17) is 27.8 Å². The van der Waals surface area contributed by atoms with E-state index in [1.807, 2.05) is 32.1 Å². The molecular formula is C41H66N6O8W. The number of likely N-dealkylation sites (N-methyl/N-ethyl adjacent to an activating group) is 2. The van der Waals surface area contributed by atoms with Crippen molar-refractivity contribution < 1.29 is 67.5 Å². The molecule has 2 unspecified atom stereocenters. The maximum absolute atomic E-state index is 12.7. The third-order valence-corrected chi connectivity index (χ3v) is 8.35. The van der Waals surface area contributed by atoms with Gasteiger partial charge in [-0.25, -0.2) is 4.79 Å². The van der Waals surface area contributed by atoms with E-state index >= 15 is 0 Å². The molecule has 2 aliphatic rings. The normalized spacial score (nSPS) is 23.2. The number of allylic oxidation sites excluding steroid dienone is 1. The first-order valence-corrected chi connectivity index (χ1v) is 19.0. The van der Waals surface area contributed by atoms with Crippen LogP contribution in [-0.4, -0.2) is 90.8 Å². The molecule has 1 aromatic rings. The van der Waals surface area contributed by atoms with Gasteiger partial charge in [0.05, 0.1) is 0 Å². The zero-order valence-electron chi connectivity index (χ0n) is 38.1. The molecular weight excluding hydrogens is 888 g/mol. The molecule has 3 N–H and O–H groups in total. The van der Waals surface area contributed by atoms with Crippen LogP contribution < -0.4 is 10.6 Å². The molecule has 2 aliphatic heterocycles. The molecule has 0 aliphatic carbocycles. The number of aliphatic imine (C=N–C) groups is 1. The average molecular weight is 961 g/mol. The molecule has 3 rings (SSSR count). The van der Waals surface area contributed by atoms with E-state index in [1.165, 1.54) is 0 Å². The van der Waals surface area contributed by atoms with Crippen molar-refractivity contribution in [2.75, 3.05) is 27.0 Å². The predicted octanol–water partition coefficient (Wildman–Crippen LogP) is 7.02. The number of benzene rings is 1. The summed E-state index contributed by atoms with van der Waals surface area (Å²) < 4.78 is 62.2. The number of carbonyl (C=O) groups excluding carboxylic acids is 5. The fourth-order valence-corrected chi connectivity index (χ4v) is 5.53. The topological polar surface area (TPSA) is 180 Å². The minimum absolute atomic E-state index is 0. The summed E-state index contributed by atoms with van der Waals surface area (Å²) in [6, 6.07) is 8.86. The molecule has 0 spiro atoms. The third-order valence-electron chi connectivity index (χ3n) is 8.35. The van der Waals surface area contributed by atoms with Gasteiger partial charge in [-0.3, -0.25) is 35.2 Å². The van der Waals surface area contributed by atoms with Gasteiger partial charge >= 0.3 is 18.0 Å². The first-order chi connectivity index (χ1) is 28.4. The Balaban J connectivity index is 0.00000123. The summed E-state index contributed by atoms with van der Waals surface area (Å²) in [5, 5.41) is 12.5. The number of guanidine groups is 2. The van der Waals surface area contributed by atoms with Gasteiger partial charge in [0.15, 0.2) is 5.96 Å². The maximum atomic E-state index is 12.7. The largest absolute Gasteiger partial charge is 0.461 e. The van der Waals surface area contributed by atoms with Crippen LogP contribution in [0.5, 0.6) is 0 Å². The molecule has 56 heavy (non-hydrogen) atoms. The van der Waals surface area contributed by atoms with Crippen molar-refractivity contribution in [2.45, 2.75) is 143 Å². The number of ether oxygens (including phenoxy) is 3. The van der Waals surface area contributed by atoms with Gasteiger partial charge in [-0.2, -0.15) is 0 Å². The van der Waals surface area contributed by atoms with Crippen molar-refractivity contribution >= 4 is 41.8 Å². The summed E-state index contributed by atoms with van der Waals surface area (Å²) in [4.78, 5) is 66.4. The number of hydrogen-bond donors (Lipinski definition) is 3. The Morgan fingerprint density at radius 3 is 2.11 bits per heavy atom. The Labute approximate surface area is 357 Å². The molecule has 0 radical (unpaired) electrons. The van der Waals surface area contributed by atoms with Crippen LogP contribution in [0.15, 0.2) is 47.5 Å². The number of rotatable bonds is 6. The number of carbonyl (C=O) groups is 5. The monoisotopic (exact) mass is 960 g/mol. The van der Waals surface area contributed by atoms with Gasteiger partial charge in [-0.15, -0.1) is 4.99 Å². The number of hydrogen-bond acceptors (Lipinski definition) is 9. The molecule has 0 aromatic heterocycles. The third kappa shape index (κ3) is 23.8. The standard InChI is InChI=1S/C24H33N3O5.C16H29N3O3.CH4.W/c1-3-12-20-15-10-5-4-6-11-16-21(28)25-23(27(2)17-22(29)32-20)26-24(30)31-18-19-13-8-7-9-14-19;1-3-9-13-10-7-5-4-6-8-11-14(20)18-16(17)19(2)12-15(21)22-13;;/h5,7-10,13-14,20H,3-4,6,11-12,15-18H2,1-2H3,(H,25,26,28,30);13H,3-12H2,1-2H3,(H2,17,18,20);1H4;/b10-5+;;;/i2*2D3;;. The van der Waals surface area contributed by atoms with Crippen LogP contribution in [0.4, 0.5) is 4.79 Å². The predicted molar refractivity (Wildman–Crippen MR) is 214 cm³/mol. The summed E-state index contributed by atoms with van der Waals surface area (Å²) in [6.45, 7) is -3.05. The molecule has 2 atom stereocenters. The first-order valence-electron chi connectivity index (χ1n) is 22.0. The van der Waals surface area contributed by atoms with E-state index in [9.17, 15) is 24.0 Å². The second kappa shape index (κ2) is 31.1. The quantitative estimate of drug-likeness (QED) is 0.153. The molecule has 15 heteroatoms. The van der Waals surface area contributed by atoms with Gasteiger partial charge in [-0.05, 0) is 56.9 Å². The molecule has 1 aromatic carbocycles. The molecule has 1 fully saturated rings. The molecule has 314 valence electrons. The molecule has 0 bridgehead atoms. The zero-order chi connectivity index (χ0) is 44.6. The minimum atomic E-state index is -2.89. The van der Waals surface area contributed by atoms with E-state index < -0.39 is 74.9 Å². The zero-order valence-corrected chi connectivity index (χ0v) is 35.1. The van der Waals surface area contributed by atoms with Crippen molar-refractivity contribution in [3.63, 3.8) is 0 Å². The van der Waals surface area contributed by atoms with Crippen molar-refractivity contribution in [1.82, 2.24) is 20.4 Å². The Morgan fingerprint density at radius 1 is 0.839 bits per heavy atom. The van der Waals surface area contributed by atoms with Gasteiger partial charge in [0, 0.05) is 62.5 Å². The minimum Gasteiger partial charge on any atom is -0.461 e. The number of amides is 3. The number of esters is 2. The molecule has 2 heterocycles. The van der Waals surface area contributed by atoms with Crippen LogP contribution in [0.25, 0.3) is 0 Å². The first kappa shape index (κ1) is 41.6. The second-order valence-corrected chi connectivity index (χ2v) is 13.2. The van der Waals surface area contributed by atoms with Crippen LogP contribution in [0, 0.1) is 5.41 Å². The number of nitrogens with one attached hydrogen (secondary N) is 3. The molecule has 14 nitrogen and oxygen atoms in total. The molecule has 1 saturated heterocycles. The molecule has 0 saturated carbocycles. The van der Waals surface area contributed by atoms with Crippen LogP contribution in [-0.2, 0) is 61.1 Å². The number of nitrogens with zero attached hydrogens (tertiary/aromatic N) is 3. The van der Waals surface area contributed by atoms with Gasteiger partial charge in [0.25, 0.3) is 0 Å². The van der Waals surface area contributed by atoms with Crippen molar-refractivity contribution in [3.05, 3.63) is 48.0 Å². The van der Waals surface area contributed by atoms with Gasteiger partial charge in [-0.1, -0.05) is 95.9 Å². The van der Waals surface area contributed by atoms with Crippen molar-refractivity contribution in [1.29, 1.82) is 5.41 Å². The van der Waals surface area contributed by atoms with Crippen LogP contribution in [0.1, 0.15) is 138 Å². The van der Waals surface area contributed by atoms with Crippen LogP contribution in [0.3, 0.4) is 0 Å². The summed E-state index contributed by atoms with van der Waals surface area (Å²) in [7, 11) is 0. The van der Waals surface area contributed by atoms with Crippen LogP contribution >= 0.6 is 0 Å². The van der Waals surface area contributed by atoms with Gasteiger partial charge < -0.3 is 24.0 Å². The van der Waals surface area contributed by atoms with E-state index in [2.05, 4.69) is 15.6 Å². The van der Waals surface area contributed by atoms with Crippen LogP contribution in [0.2, 0.25) is 0 Å². The van der Waals surface area contributed by atoms with E-state index in [0.717, 1.165) is 64.2 Å². The maximum Gasteiger partial charge on any atom is 0.437 e. The Hall–Kier alpha value is -4.06. The fourth-order valence-electron chi connectivity index (χ4n) is 5.53. The summed E-state index contributed by atoms with van der Waals surface area (Å²) in [5.41, 5.74) is 0.707. The van der Waals surface area contributed by atoms with E-state index in [0.29, 0.717) is 41.0 Å². The number of cyclic esters (lactones) is 2. The summed E-state index contributed by atoms with van der Waals surface area (Å²) in [6.07, 6.45) is 13.4. The summed E-state index contributed by atoms with van der Waals surface area (Å²) >= 11 is 0. The van der Waals surface area contributed by atoms with Crippen molar-refractivity contribution in [3.8, 4) is 0 Å². The second-order valence-electron chi connectivity index (χ2n) is 13.2. The Bertz CT molecular complexity index is 1600. The fraction of sp³-hybridized carbons (Fsp3) is 0.634.